The van der Waals surface area contributed by atoms with Gasteiger partial charge in [0.05, 0.1) is 11.7 Å². The smallest absolute Gasteiger partial charge is 0.338 e. The van der Waals surface area contributed by atoms with Gasteiger partial charge in [0.25, 0.3) is 0 Å². The van der Waals surface area contributed by atoms with E-state index in [9.17, 15) is 4.79 Å². The van der Waals surface area contributed by atoms with Gasteiger partial charge >= 0.3 is 5.97 Å². The molecule has 148 valence electrons. The van der Waals surface area contributed by atoms with E-state index in [1.54, 1.807) is 0 Å². The fourth-order valence-electron chi connectivity index (χ4n) is 4.81. The van der Waals surface area contributed by atoms with Crippen LogP contribution >= 0.6 is 0 Å². The number of carbonyl (C=O) groups is 1. The summed E-state index contributed by atoms with van der Waals surface area (Å²) < 4.78 is 5.65. The van der Waals surface area contributed by atoms with Crippen molar-refractivity contribution in [3.63, 3.8) is 0 Å². The number of benzene rings is 4. The van der Waals surface area contributed by atoms with Gasteiger partial charge in [0.1, 0.15) is 0 Å². The molecule has 2 nitrogen and oxygen atoms in total. The van der Waals surface area contributed by atoms with Crippen molar-refractivity contribution in [2.45, 2.75) is 32.8 Å². The SMILES string of the molecule is Cc1cccc2c1[C@H](c1c(C(=O)OC(C)C)ccc3ccccc13)c1ccccc1-2. The van der Waals surface area contributed by atoms with E-state index in [0.29, 0.717) is 5.56 Å². The molecule has 0 aliphatic heterocycles. The van der Waals surface area contributed by atoms with Gasteiger partial charge in [-0.05, 0) is 71.0 Å². The average Bonchev–Trinajstić information content (AvgIpc) is 3.08. The maximum atomic E-state index is 13.2. The summed E-state index contributed by atoms with van der Waals surface area (Å²) in [4.78, 5) is 13.2. The Morgan fingerprint density at radius 2 is 1.53 bits per heavy atom. The molecule has 0 fully saturated rings. The molecule has 0 heterocycles. The topological polar surface area (TPSA) is 26.3 Å². The second kappa shape index (κ2) is 7.14. The summed E-state index contributed by atoms with van der Waals surface area (Å²) in [6.07, 6.45) is -0.165. The van der Waals surface area contributed by atoms with E-state index in [-0.39, 0.29) is 18.0 Å². The summed E-state index contributed by atoms with van der Waals surface area (Å²) in [6, 6.07) is 27.3. The van der Waals surface area contributed by atoms with Crippen LogP contribution in [0.25, 0.3) is 21.9 Å². The lowest BCUT2D eigenvalue weighted by Gasteiger charge is -2.22. The largest absolute Gasteiger partial charge is 0.459 e. The van der Waals surface area contributed by atoms with Crippen molar-refractivity contribution in [3.05, 3.63) is 107 Å². The van der Waals surface area contributed by atoms with E-state index in [0.717, 1.165) is 16.3 Å². The van der Waals surface area contributed by atoms with Crippen LogP contribution in [0.2, 0.25) is 0 Å². The molecule has 0 saturated carbocycles. The van der Waals surface area contributed by atoms with E-state index in [1.807, 2.05) is 38.1 Å². The monoisotopic (exact) mass is 392 g/mol. The number of ether oxygens (including phenoxy) is 1. The molecular weight excluding hydrogens is 368 g/mol. The van der Waals surface area contributed by atoms with Gasteiger partial charge in [0, 0.05) is 5.92 Å². The Balaban J connectivity index is 1.87. The fourth-order valence-corrected chi connectivity index (χ4v) is 4.81. The Kier molecular flexibility index (Phi) is 4.43. The summed E-state index contributed by atoms with van der Waals surface area (Å²) in [7, 11) is 0. The third-order valence-corrected chi connectivity index (χ3v) is 6.00. The van der Waals surface area contributed by atoms with Crippen LogP contribution in [0.1, 0.15) is 52.4 Å². The molecule has 4 aromatic rings. The Hall–Kier alpha value is -3.39. The molecule has 0 bridgehead atoms. The molecule has 2 heteroatoms. The zero-order valence-corrected chi connectivity index (χ0v) is 17.5. The summed E-state index contributed by atoms with van der Waals surface area (Å²) in [5.41, 5.74) is 7.97. The number of carbonyl (C=O) groups excluding carboxylic acids is 1. The molecule has 0 amide bonds. The third-order valence-electron chi connectivity index (χ3n) is 6.00. The van der Waals surface area contributed by atoms with Crippen molar-refractivity contribution in [2.24, 2.45) is 0 Å². The minimum Gasteiger partial charge on any atom is -0.459 e. The standard InChI is InChI=1S/C28H24O2/c1-17(2)30-28(29)24-16-15-19-10-4-5-11-20(19)26(24)27-23-13-7-6-12-21(23)22-14-8-9-18(3)25(22)27/h4-17,27H,1-3H3/t27-/m1/s1. The first kappa shape index (κ1) is 18.6. The molecule has 0 saturated heterocycles. The quantitative estimate of drug-likeness (QED) is 0.313. The second-order valence-electron chi connectivity index (χ2n) is 8.26. The normalized spacial score (nSPS) is 14.6. The minimum absolute atomic E-state index is 0.00166. The van der Waals surface area contributed by atoms with Crippen molar-refractivity contribution in [1.29, 1.82) is 0 Å². The number of rotatable bonds is 3. The molecule has 0 radical (unpaired) electrons. The molecule has 0 spiro atoms. The first-order valence-corrected chi connectivity index (χ1v) is 10.5. The molecule has 0 N–H and O–H groups in total. The highest BCUT2D eigenvalue weighted by atomic mass is 16.5. The number of hydrogen-bond acceptors (Lipinski definition) is 2. The Morgan fingerprint density at radius 3 is 2.37 bits per heavy atom. The van der Waals surface area contributed by atoms with E-state index < -0.39 is 0 Å². The molecule has 1 aliphatic carbocycles. The van der Waals surface area contributed by atoms with E-state index in [1.165, 1.54) is 27.8 Å². The maximum Gasteiger partial charge on any atom is 0.338 e. The lowest BCUT2D eigenvalue weighted by Crippen LogP contribution is -2.16. The van der Waals surface area contributed by atoms with Gasteiger partial charge in [-0.1, -0.05) is 72.8 Å². The summed E-state index contributed by atoms with van der Waals surface area (Å²) in [6.45, 7) is 5.95. The Labute approximate surface area is 177 Å². The van der Waals surface area contributed by atoms with E-state index in [4.69, 9.17) is 4.74 Å². The first-order chi connectivity index (χ1) is 14.6. The third kappa shape index (κ3) is 2.83. The van der Waals surface area contributed by atoms with Gasteiger partial charge in [-0.3, -0.25) is 0 Å². The fraction of sp³-hybridized carbons (Fsp3) is 0.179. The van der Waals surface area contributed by atoms with Crippen molar-refractivity contribution < 1.29 is 9.53 Å². The molecule has 1 atom stereocenters. The van der Waals surface area contributed by atoms with Crippen LogP contribution in [0.15, 0.2) is 78.9 Å². The number of hydrogen-bond donors (Lipinski definition) is 0. The highest BCUT2D eigenvalue weighted by Gasteiger charge is 2.34. The van der Waals surface area contributed by atoms with Gasteiger partial charge in [-0.25, -0.2) is 4.79 Å². The van der Waals surface area contributed by atoms with Crippen LogP contribution in [0.5, 0.6) is 0 Å². The zero-order chi connectivity index (χ0) is 20.8. The van der Waals surface area contributed by atoms with Crippen LogP contribution in [0.3, 0.4) is 0 Å². The highest BCUT2D eigenvalue weighted by Crippen LogP contribution is 2.51. The van der Waals surface area contributed by atoms with Crippen LogP contribution in [-0.4, -0.2) is 12.1 Å². The van der Waals surface area contributed by atoms with Gasteiger partial charge < -0.3 is 4.74 Å². The van der Waals surface area contributed by atoms with Gasteiger partial charge in [0.15, 0.2) is 0 Å². The molecule has 0 unspecified atom stereocenters. The van der Waals surface area contributed by atoms with Crippen LogP contribution < -0.4 is 0 Å². The Morgan fingerprint density at radius 1 is 0.800 bits per heavy atom. The molecule has 4 aromatic carbocycles. The van der Waals surface area contributed by atoms with Crippen LogP contribution in [-0.2, 0) is 4.74 Å². The molecule has 1 aliphatic rings. The number of aryl methyl sites for hydroxylation is 1. The predicted octanol–water partition coefficient (Wildman–Crippen LogP) is 6.87. The molecule has 30 heavy (non-hydrogen) atoms. The highest BCUT2D eigenvalue weighted by molar-refractivity contribution is 6.01. The van der Waals surface area contributed by atoms with E-state index >= 15 is 0 Å². The van der Waals surface area contributed by atoms with Gasteiger partial charge in [-0.15, -0.1) is 0 Å². The number of fused-ring (bicyclic) bond motifs is 4. The van der Waals surface area contributed by atoms with Crippen molar-refractivity contribution in [2.75, 3.05) is 0 Å². The van der Waals surface area contributed by atoms with Gasteiger partial charge in [-0.2, -0.15) is 0 Å². The molecule has 0 aromatic heterocycles. The first-order valence-electron chi connectivity index (χ1n) is 10.5. The summed E-state index contributed by atoms with van der Waals surface area (Å²) >= 11 is 0. The maximum absolute atomic E-state index is 13.2. The van der Waals surface area contributed by atoms with Crippen LogP contribution in [0.4, 0.5) is 0 Å². The van der Waals surface area contributed by atoms with E-state index in [2.05, 4.69) is 61.5 Å². The van der Waals surface area contributed by atoms with Crippen molar-refractivity contribution in [1.82, 2.24) is 0 Å². The van der Waals surface area contributed by atoms with Crippen molar-refractivity contribution >= 4 is 16.7 Å². The average molecular weight is 392 g/mol. The number of esters is 1. The Bertz CT molecular complexity index is 1280. The van der Waals surface area contributed by atoms with Gasteiger partial charge in [0.2, 0.25) is 0 Å². The molecular formula is C28H24O2. The predicted molar refractivity (Wildman–Crippen MR) is 122 cm³/mol. The lowest BCUT2D eigenvalue weighted by atomic mass is 9.82. The zero-order valence-electron chi connectivity index (χ0n) is 17.5. The lowest BCUT2D eigenvalue weighted by molar-refractivity contribution is 0.0376. The van der Waals surface area contributed by atoms with Crippen molar-refractivity contribution in [3.8, 4) is 11.1 Å². The summed E-state index contributed by atoms with van der Waals surface area (Å²) in [5.74, 6) is -0.261. The molecule has 5 rings (SSSR count). The summed E-state index contributed by atoms with van der Waals surface area (Å²) in [5, 5.41) is 2.24. The van der Waals surface area contributed by atoms with Crippen LogP contribution in [0, 0.1) is 6.92 Å². The minimum atomic E-state index is -0.259. The second-order valence-corrected chi connectivity index (χ2v) is 8.26.